The lowest BCUT2D eigenvalue weighted by molar-refractivity contribution is 0.332. The van der Waals surface area contributed by atoms with E-state index in [0.717, 1.165) is 29.0 Å². The molecule has 3 N–H and O–H groups in total. The molecular weight excluding hydrogens is 250 g/mol. The third-order valence-corrected chi connectivity index (χ3v) is 3.31. The first-order chi connectivity index (χ1) is 9.76. The summed E-state index contributed by atoms with van der Waals surface area (Å²) in [5, 5.41) is 3.33. The number of aromatic nitrogens is 1. The summed E-state index contributed by atoms with van der Waals surface area (Å²) in [6, 6.07) is 10.1. The number of nitrogens with zero attached hydrogens (tertiary/aromatic N) is 1. The summed E-state index contributed by atoms with van der Waals surface area (Å²) in [4.78, 5) is 4.15. The summed E-state index contributed by atoms with van der Waals surface area (Å²) in [5.41, 5.74) is 8.95. The van der Waals surface area contributed by atoms with Gasteiger partial charge in [0, 0.05) is 29.7 Å². The van der Waals surface area contributed by atoms with Crippen molar-refractivity contribution in [3.8, 4) is 5.75 Å². The lowest BCUT2D eigenvalue weighted by atomic mass is 9.98. The van der Waals surface area contributed by atoms with Crippen molar-refractivity contribution in [1.29, 1.82) is 0 Å². The van der Waals surface area contributed by atoms with Crippen molar-refractivity contribution in [3.05, 3.63) is 53.9 Å². The summed E-state index contributed by atoms with van der Waals surface area (Å²) >= 11 is 0. The number of pyridine rings is 1. The van der Waals surface area contributed by atoms with Crippen LogP contribution >= 0.6 is 0 Å². The second-order valence-corrected chi connectivity index (χ2v) is 4.59. The highest BCUT2D eigenvalue weighted by Crippen LogP contribution is 2.28. The first-order valence-electron chi connectivity index (χ1n) is 6.83. The minimum Gasteiger partial charge on any atom is -0.494 e. The molecule has 0 spiro atoms. The topological polar surface area (TPSA) is 60.2 Å². The molecule has 0 aliphatic rings. The van der Waals surface area contributed by atoms with Crippen LogP contribution in [-0.4, -0.2) is 18.6 Å². The van der Waals surface area contributed by atoms with Crippen LogP contribution in [0.3, 0.4) is 0 Å². The molecule has 0 aliphatic heterocycles. The maximum atomic E-state index is 6.00. The zero-order valence-electron chi connectivity index (χ0n) is 12.0. The van der Waals surface area contributed by atoms with E-state index in [-0.39, 0.29) is 6.04 Å². The van der Waals surface area contributed by atoms with E-state index in [1.807, 2.05) is 44.4 Å². The maximum Gasteiger partial charge on any atom is 0.124 e. The molecule has 1 aromatic heterocycles. The van der Waals surface area contributed by atoms with E-state index in [0.29, 0.717) is 6.61 Å². The number of anilines is 1. The van der Waals surface area contributed by atoms with Crippen molar-refractivity contribution in [3.63, 3.8) is 0 Å². The molecule has 0 aliphatic carbocycles. The fraction of sp³-hybridized carbons (Fsp3) is 0.312. The van der Waals surface area contributed by atoms with Gasteiger partial charge in [-0.1, -0.05) is 18.2 Å². The average Bonchev–Trinajstić information content (AvgIpc) is 2.48. The molecule has 4 heteroatoms. The molecule has 106 valence electrons. The van der Waals surface area contributed by atoms with Crippen molar-refractivity contribution in [2.45, 2.75) is 19.4 Å². The smallest absolute Gasteiger partial charge is 0.124 e. The molecule has 1 unspecified atom stereocenters. The van der Waals surface area contributed by atoms with Gasteiger partial charge in [0.2, 0.25) is 0 Å². The standard InChI is InChI=1S/C16H21N3O/c1-3-20-16-7-5-4-6-13(16)15(18-2)10-12-11-19-9-8-14(12)17/h4-9,11,15,18H,3,10H2,1-2H3,(H2,17,19). The van der Waals surface area contributed by atoms with Crippen molar-refractivity contribution in [2.24, 2.45) is 0 Å². The Labute approximate surface area is 120 Å². The van der Waals surface area contributed by atoms with Crippen LogP contribution in [0.25, 0.3) is 0 Å². The van der Waals surface area contributed by atoms with E-state index in [4.69, 9.17) is 10.5 Å². The van der Waals surface area contributed by atoms with Gasteiger partial charge < -0.3 is 15.8 Å². The van der Waals surface area contributed by atoms with Gasteiger partial charge in [-0.2, -0.15) is 0 Å². The lowest BCUT2D eigenvalue weighted by Gasteiger charge is -2.20. The van der Waals surface area contributed by atoms with Crippen LogP contribution in [0.4, 0.5) is 5.69 Å². The SMILES string of the molecule is CCOc1ccccc1C(Cc1cnccc1N)NC. The second-order valence-electron chi connectivity index (χ2n) is 4.59. The fourth-order valence-corrected chi connectivity index (χ4v) is 2.25. The van der Waals surface area contributed by atoms with Gasteiger partial charge in [-0.3, -0.25) is 4.98 Å². The van der Waals surface area contributed by atoms with Crippen molar-refractivity contribution in [2.75, 3.05) is 19.4 Å². The Morgan fingerprint density at radius 2 is 2.10 bits per heavy atom. The van der Waals surface area contributed by atoms with Crippen molar-refractivity contribution >= 4 is 5.69 Å². The summed E-state index contributed by atoms with van der Waals surface area (Å²) in [5.74, 6) is 0.914. The van der Waals surface area contributed by atoms with Crippen molar-refractivity contribution < 1.29 is 4.74 Å². The van der Waals surface area contributed by atoms with Gasteiger partial charge >= 0.3 is 0 Å². The fourth-order valence-electron chi connectivity index (χ4n) is 2.25. The average molecular weight is 271 g/mol. The van der Waals surface area contributed by atoms with Gasteiger partial charge in [0.1, 0.15) is 5.75 Å². The van der Waals surface area contributed by atoms with Crippen LogP contribution in [0.1, 0.15) is 24.1 Å². The molecule has 20 heavy (non-hydrogen) atoms. The maximum absolute atomic E-state index is 6.00. The molecular formula is C16H21N3O. The minimum atomic E-state index is 0.143. The second kappa shape index (κ2) is 6.91. The number of likely N-dealkylation sites (N-methyl/N-ethyl adjacent to an activating group) is 1. The molecule has 0 saturated carbocycles. The number of nitrogen functional groups attached to an aromatic ring is 1. The van der Waals surface area contributed by atoms with E-state index < -0.39 is 0 Å². The Balaban J connectivity index is 2.27. The van der Waals surface area contributed by atoms with E-state index in [1.54, 1.807) is 6.20 Å². The number of hydrogen-bond donors (Lipinski definition) is 2. The summed E-state index contributed by atoms with van der Waals surface area (Å²) in [6.07, 6.45) is 4.31. The van der Waals surface area contributed by atoms with Crippen LogP contribution < -0.4 is 15.8 Å². The summed E-state index contributed by atoms with van der Waals surface area (Å²) in [6.45, 7) is 2.65. The van der Waals surface area contributed by atoms with Crippen LogP contribution in [0.15, 0.2) is 42.7 Å². The third kappa shape index (κ3) is 3.27. The Hall–Kier alpha value is -2.07. The van der Waals surface area contributed by atoms with Gasteiger partial charge in [-0.15, -0.1) is 0 Å². The van der Waals surface area contributed by atoms with E-state index >= 15 is 0 Å². The quantitative estimate of drug-likeness (QED) is 0.847. The number of nitrogens with one attached hydrogen (secondary N) is 1. The van der Waals surface area contributed by atoms with Crippen LogP contribution in [0.5, 0.6) is 5.75 Å². The molecule has 2 aromatic rings. The third-order valence-electron chi connectivity index (χ3n) is 3.31. The van der Waals surface area contributed by atoms with E-state index in [2.05, 4.69) is 16.4 Å². The number of hydrogen-bond acceptors (Lipinski definition) is 4. The van der Waals surface area contributed by atoms with Crippen molar-refractivity contribution in [1.82, 2.24) is 10.3 Å². The molecule has 1 heterocycles. The molecule has 0 saturated heterocycles. The molecule has 0 radical (unpaired) electrons. The number of para-hydroxylation sites is 1. The normalized spacial score (nSPS) is 12.1. The first kappa shape index (κ1) is 14.3. The molecule has 2 rings (SSSR count). The Kier molecular flexibility index (Phi) is 4.96. The van der Waals surface area contributed by atoms with E-state index in [9.17, 15) is 0 Å². The molecule has 1 atom stereocenters. The Bertz CT molecular complexity index is 557. The minimum absolute atomic E-state index is 0.143. The van der Waals surface area contributed by atoms with Crippen LogP contribution in [0.2, 0.25) is 0 Å². The Morgan fingerprint density at radius 1 is 1.30 bits per heavy atom. The predicted molar refractivity (Wildman–Crippen MR) is 81.8 cm³/mol. The molecule has 0 bridgehead atoms. The molecule has 0 fully saturated rings. The van der Waals surface area contributed by atoms with Gasteiger partial charge in [-0.25, -0.2) is 0 Å². The van der Waals surface area contributed by atoms with Gasteiger partial charge in [-0.05, 0) is 38.1 Å². The largest absolute Gasteiger partial charge is 0.494 e. The summed E-state index contributed by atoms with van der Waals surface area (Å²) < 4.78 is 5.70. The Morgan fingerprint density at radius 3 is 2.80 bits per heavy atom. The van der Waals surface area contributed by atoms with Crippen LogP contribution in [0, 0.1) is 0 Å². The van der Waals surface area contributed by atoms with Gasteiger partial charge in [0.15, 0.2) is 0 Å². The highest BCUT2D eigenvalue weighted by Gasteiger charge is 2.16. The van der Waals surface area contributed by atoms with Gasteiger partial charge in [0.25, 0.3) is 0 Å². The first-order valence-corrected chi connectivity index (χ1v) is 6.83. The predicted octanol–water partition coefficient (Wildman–Crippen LogP) is 2.57. The summed E-state index contributed by atoms with van der Waals surface area (Å²) in [7, 11) is 1.94. The number of benzene rings is 1. The van der Waals surface area contributed by atoms with E-state index in [1.165, 1.54) is 0 Å². The zero-order valence-corrected chi connectivity index (χ0v) is 12.0. The number of ether oxygens (including phenoxy) is 1. The molecule has 4 nitrogen and oxygen atoms in total. The highest BCUT2D eigenvalue weighted by molar-refractivity contribution is 5.46. The van der Waals surface area contributed by atoms with Gasteiger partial charge in [0.05, 0.1) is 6.61 Å². The number of rotatable bonds is 6. The highest BCUT2D eigenvalue weighted by atomic mass is 16.5. The lowest BCUT2D eigenvalue weighted by Crippen LogP contribution is -2.20. The monoisotopic (exact) mass is 271 g/mol. The molecule has 1 aromatic carbocycles. The van der Waals surface area contributed by atoms with Crippen LogP contribution in [-0.2, 0) is 6.42 Å². The number of nitrogens with two attached hydrogens (primary N) is 1. The molecule has 0 amide bonds. The zero-order chi connectivity index (χ0) is 14.4.